The van der Waals surface area contributed by atoms with Gasteiger partial charge in [0.15, 0.2) is 0 Å². The Hall–Kier alpha value is -3.64. The van der Waals surface area contributed by atoms with Crippen LogP contribution in [0.4, 0.5) is 29.7 Å². The van der Waals surface area contributed by atoms with Gasteiger partial charge in [0, 0.05) is 31.5 Å². The molecule has 1 aliphatic heterocycles. The molecular weight excluding hydrogens is 469 g/mol. The lowest BCUT2D eigenvalue weighted by Gasteiger charge is -2.33. The van der Waals surface area contributed by atoms with Crippen molar-refractivity contribution in [1.29, 1.82) is 0 Å². The first-order chi connectivity index (χ1) is 16.3. The van der Waals surface area contributed by atoms with Crippen molar-refractivity contribution in [2.75, 3.05) is 36.0 Å². The van der Waals surface area contributed by atoms with Crippen LogP contribution in [0.3, 0.4) is 0 Å². The lowest BCUT2D eigenvalue weighted by Crippen LogP contribution is -2.51. The molecule has 35 heavy (non-hydrogen) atoms. The summed E-state index contributed by atoms with van der Waals surface area (Å²) in [6.07, 6.45) is -4.11. The molecule has 0 aliphatic carbocycles. The van der Waals surface area contributed by atoms with Crippen molar-refractivity contribution in [1.82, 2.24) is 15.0 Å². The molecule has 1 fully saturated rings. The second-order valence-electron chi connectivity index (χ2n) is 9.21. The maximum Gasteiger partial charge on any atom is 0.419 e. The van der Waals surface area contributed by atoms with E-state index in [1.54, 1.807) is 18.2 Å². The molecule has 0 bridgehead atoms. The SMILES string of the molecule is CC(C)(C)CC(COc1cccc(N2CCN(c3ncc(C(F)(F)F)cn3)CC2=O)n1)OC(N)=O. The number of alkyl halides is 3. The number of nitrogens with two attached hydrogens (primary N) is 1. The average Bonchev–Trinajstić information content (AvgIpc) is 2.76. The van der Waals surface area contributed by atoms with E-state index >= 15 is 0 Å². The smallest absolute Gasteiger partial charge is 0.419 e. The van der Waals surface area contributed by atoms with Crippen LogP contribution in [0.15, 0.2) is 30.6 Å². The number of rotatable bonds is 7. The maximum absolute atomic E-state index is 12.8. The molecule has 2 aromatic rings. The molecule has 2 N–H and O–H groups in total. The van der Waals surface area contributed by atoms with E-state index in [0.717, 1.165) is 0 Å². The Balaban J connectivity index is 1.63. The Morgan fingerprint density at radius 3 is 2.43 bits per heavy atom. The molecule has 3 heterocycles. The number of primary amides is 1. The predicted octanol–water partition coefficient (Wildman–Crippen LogP) is 3.02. The highest BCUT2D eigenvalue weighted by Gasteiger charge is 2.33. The number of hydrogen-bond donors (Lipinski definition) is 1. The normalized spacial score (nSPS) is 15.7. The number of nitrogens with zero attached hydrogens (tertiary/aromatic N) is 5. The summed E-state index contributed by atoms with van der Waals surface area (Å²) >= 11 is 0. The van der Waals surface area contributed by atoms with Gasteiger partial charge in [0.25, 0.3) is 0 Å². The molecule has 2 amide bonds. The molecule has 1 aliphatic rings. The number of ether oxygens (including phenoxy) is 2. The van der Waals surface area contributed by atoms with Crippen LogP contribution in [0.5, 0.6) is 5.88 Å². The molecule has 0 aromatic carbocycles. The first kappa shape index (κ1) is 26.0. The zero-order valence-electron chi connectivity index (χ0n) is 19.6. The van der Waals surface area contributed by atoms with E-state index in [0.29, 0.717) is 31.2 Å². The van der Waals surface area contributed by atoms with Crippen LogP contribution in [0.25, 0.3) is 0 Å². The van der Waals surface area contributed by atoms with Crippen LogP contribution in [0, 0.1) is 5.41 Å². The molecule has 1 unspecified atom stereocenters. The molecular formula is C22H27F3N6O4. The number of pyridine rings is 1. The van der Waals surface area contributed by atoms with Gasteiger partial charge in [-0.3, -0.25) is 9.69 Å². The van der Waals surface area contributed by atoms with E-state index in [4.69, 9.17) is 15.2 Å². The molecule has 3 rings (SSSR count). The van der Waals surface area contributed by atoms with Crippen LogP contribution >= 0.6 is 0 Å². The summed E-state index contributed by atoms with van der Waals surface area (Å²) < 4.78 is 49.0. The van der Waals surface area contributed by atoms with Gasteiger partial charge in [-0.2, -0.15) is 18.2 Å². The number of aromatic nitrogens is 3. The first-order valence-corrected chi connectivity index (χ1v) is 10.8. The summed E-state index contributed by atoms with van der Waals surface area (Å²) in [5, 5.41) is 0. The standard InChI is InChI=1S/C22H27F3N6O4/c1-21(2,3)9-15(35-19(26)33)13-34-17-6-4-5-16(29-17)31-8-7-30(12-18(31)32)20-27-10-14(11-28-20)22(23,24)25/h4-6,10-11,15H,7-9,12-13H2,1-3H3,(H2,26,33). The number of carbonyl (C=O) groups excluding carboxylic acids is 2. The van der Waals surface area contributed by atoms with E-state index in [1.807, 2.05) is 20.8 Å². The third-order valence-electron chi connectivity index (χ3n) is 4.99. The van der Waals surface area contributed by atoms with Gasteiger partial charge in [0.05, 0.1) is 5.56 Å². The van der Waals surface area contributed by atoms with Crippen molar-refractivity contribution in [2.24, 2.45) is 11.1 Å². The summed E-state index contributed by atoms with van der Waals surface area (Å²) in [7, 11) is 0. The second kappa shape index (κ2) is 10.3. The Labute approximate surface area is 200 Å². The van der Waals surface area contributed by atoms with Crippen LogP contribution in [-0.4, -0.2) is 59.3 Å². The summed E-state index contributed by atoms with van der Waals surface area (Å²) in [5.41, 5.74) is 4.06. The van der Waals surface area contributed by atoms with Gasteiger partial charge in [-0.15, -0.1) is 0 Å². The van der Waals surface area contributed by atoms with Crippen molar-refractivity contribution < 1.29 is 32.2 Å². The van der Waals surface area contributed by atoms with Crippen molar-refractivity contribution in [3.8, 4) is 5.88 Å². The van der Waals surface area contributed by atoms with Gasteiger partial charge in [-0.05, 0) is 17.9 Å². The van der Waals surface area contributed by atoms with Crippen molar-refractivity contribution in [2.45, 2.75) is 39.5 Å². The maximum atomic E-state index is 12.8. The second-order valence-corrected chi connectivity index (χ2v) is 9.21. The van der Waals surface area contributed by atoms with Gasteiger partial charge in [0.2, 0.25) is 17.7 Å². The van der Waals surface area contributed by atoms with Gasteiger partial charge in [-0.25, -0.2) is 14.8 Å². The molecule has 0 saturated carbocycles. The highest BCUT2D eigenvalue weighted by molar-refractivity contribution is 5.96. The lowest BCUT2D eigenvalue weighted by atomic mass is 9.89. The number of halogens is 3. The lowest BCUT2D eigenvalue weighted by molar-refractivity contribution is -0.138. The van der Waals surface area contributed by atoms with Crippen LogP contribution in [0.2, 0.25) is 0 Å². The van der Waals surface area contributed by atoms with Crippen LogP contribution < -0.4 is 20.3 Å². The predicted molar refractivity (Wildman–Crippen MR) is 120 cm³/mol. The molecule has 13 heteroatoms. The fourth-order valence-corrected chi connectivity index (χ4v) is 3.51. The Kier molecular flexibility index (Phi) is 7.66. The van der Waals surface area contributed by atoms with Crippen LogP contribution in [0.1, 0.15) is 32.8 Å². The molecule has 0 radical (unpaired) electrons. The summed E-state index contributed by atoms with van der Waals surface area (Å²) in [6.45, 7) is 6.39. The van der Waals surface area contributed by atoms with Gasteiger partial charge in [-0.1, -0.05) is 26.8 Å². The highest BCUT2D eigenvalue weighted by Crippen LogP contribution is 2.29. The quantitative estimate of drug-likeness (QED) is 0.621. The third kappa shape index (κ3) is 7.42. The Morgan fingerprint density at radius 1 is 1.17 bits per heavy atom. The van der Waals surface area contributed by atoms with Crippen molar-refractivity contribution >= 4 is 23.8 Å². The van der Waals surface area contributed by atoms with E-state index < -0.39 is 23.9 Å². The zero-order chi connectivity index (χ0) is 25.8. The first-order valence-electron chi connectivity index (χ1n) is 10.8. The number of anilines is 2. The summed E-state index contributed by atoms with van der Waals surface area (Å²) in [5.74, 6) is 0.293. The molecule has 1 atom stereocenters. The van der Waals surface area contributed by atoms with E-state index in [2.05, 4.69) is 15.0 Å². The third-order valence-corrected chi connectivity index (χ3v) is 4.99. The minimum absolute atomic E-state index is 0.0314. The van der Waals surface area contributed by atoms with E-state index in [1.165, 1.54) is 9.80 Å². The number of hydrogen-bond acceptors (Lipinski definition) is 8. The molecule has 1 saturated heterocycles. The summed E-state index contributed by atoms with van der Waals surface area (Å²) in [6, 6.07) is 4.92. The highest BCUT2D eigenvalue weighted by atomic mass is 19.4. The minimum atomic E-state index is -4.54. The number of piperazine rings is 1. The molecule has 190 valence electrons. The van der Waals surface area contributed by atoms with E-state index in [-0.39, 0.29) is 42.8 Å². The van der Waals surface area contributed by atoms with Crippen LogP contribution in [-0.2, 0) is 15.7 Å². The van der Waals surface area contributed by atoms with Gasteiger partial charge >= 0.3 is 12.3 Å². The number of amides is 2. The molecule has 10 nitrogen and oxygen atoms in total. The zero-order valence-corrected chi connectivity index (χ0v) is 19.6. The number of carbonyl (C=O) groups is 2. The Morgan fingerprint density at radius 2 is 1.86 bits per heavy atom. The molecule has 2 aromatic heterocycles. The fraction of sp³-hybridized carbons (Fsp3) is 0.500. The largest absolute Gasteiger partial charge is 0.474 e. The van der Waals surface area contributed by atoms with Gasteiger partial charge in [0.1, 0.15) is 25.1 Å². The van der Waals surface area contributed by atoms with Crippen molar-refractivity contribution in [3.05, 3.63) is 36.2 Å². The summed E-state index contributed by atoms with van der Waals surface area (Å²) in [4.78, 5) is 38.8. The van der Waals surface area contributed by atoms with E-state index in [9.17, 15) is 22.8 Å². The Bertz CT molecular complexity index is 1040. The topological polar surface area (TPSA) is 124 Å². The average molecular weight is 496 g/mol. The van der Waals surface area contributed by atoms with Crippen molar-refractivity contribution in [3.63, 3.8) is 0 Å². The molecule has 0 spiro atoms. The monoisotopic (exact) mass is 496 g/mol. The fourth-order valence-electron chi connectivity index (χ4n) is 3.51. The van der Waals surface area contributed by atoms with Gasteiger partial charge < -0.3 is 20.1 Å². The minimum Gasteiger partial charge on any atom is -0.474 e.